The smallest absolute Gasteiger partial charge is 0.407 e. The molecule has 0 aromatic carbocycles. The Hall–Kier alpha value is -1.11. The Morgan fingerprint density at radius 1 is 1.15 bits per heavy atom. The van der Waals surface area contributed by atoms with E-state index in [1.165, 1.54) is 24.2 Å². The summed E-state index contributed by atoms with van der Waals surface area (Å²) in [4.78, 5) is 15.1. The zero-order chi connectivity index (χ0) is 19.2. The largest absolute Gasteiger partial charge is 0.465 e. The summed E-state index contributed by atoms with van der Waals surface area (Å²) in [6, 6.07) is 0.103. The summed E-state index contributed by atoms with van der Waals surface area (Å²) in [7, 11) is 0. The van der Waals surface area contributed by atoms with Crippen LogP contribution in [0.1, 0.15) is 58.3 Å². The van der Waals surface area contributed by atoms with Crippen LogP contribution in [-0.2, 0) is 4.74 Å². The van der Waals surface area contributed by atoms with Crippen molar-refractivity contribution in [3.05, 3.63) is 12.7 Å². The van der Waals surface area contributed by atoms with Gasteiger partial charge in [0.05, 0.1) is 12.7 Å². The highest BCUT2D eigenvalue weighted by Crippen LogP contribution is 2.25. The van der Waals surface area contributed by atoms with E-state index in [4.69, 9.17) is 9.84 Å². The van der Waals surface area contributed by atoms with Crippen molar-refractivity contribution in [2.75, 3.05) is 39.4 Å². The Bertz CT molecular complexity index is 384. The number of nitrogens with zero attached hydrogens (tertiary/aromatic N) is 2. The van der Waals surface area contributed by atoms with Crippen LogP contribution in [0.5, 0.6) is 0 Å². The molecule has 1 rings (SSSR count). The molecule has 0 heterocycles. The van der Waals surface area contributed by atoms with Crippen molar-refractivity contribution in [3.63, 3.8) is 0 Å². The van der Waals surface area contributed by atoms with Gasteiger partial charge >= 0.3 is 6.09 Å². The molecule has 0 aliphatic heterocycles. The molecule has 0 bridgehead atoms. The molecule has 1 amide bonds. The summed E-state index contributed by atoms with van der Waals surface area (Å²) < 4.78 is 5.99. The van der Waals surface area contributed by atoms with Gasteiger partial charge in [0, 0.05) is 25.7 Å². The summed E-state index contributed by atoms with van der Waals surface area (Å²) in [6.45, 7) is 10.1. The minimum atomic E-state index is -0.852. The highest BCUT2D eigenvalue weighted by Gasteiger charge is 2.28. The van der Waals surface area contributed by atoms with Crippen molar-refractivity contribution in [1.29, 1.82) is 0 Å². The first kappa shape index (κ1) is 22.9. The quantitative estimate of drug-likeness (QED) is 0.362. The first-order chi connectivity index (χ1) is 12.6. The Labute approximate surface area is 158 Å². The maximum absolute atomic E-state index is 11.3. The van der Waals surface area contributed by atoms with Gasteiger partial charge in [0.15, 0.2) is 0 Å². The Balaban J connectivity index is 2.06. The average molecular weight is 371 g/mol. The molecule has 6 nitrogen and oxygen atoms in total. The number of hydrogen-bond donors (Lipinski definition) is 2. The van der Waals surface area contributed by atoms with Crippen LogP contribution in [0.4, 0.5) is 4.79 Å². The number of hydrogen-bond acceptors (Lipinski definition) is 4. The molecule has 0 saturated heterocycles. The van der Waals surface area contributed by atoms with Crippen LogP contribution in [0.3, 0.4) is 0 Å². The van der Waals surface area contributed by atoms with Gasteiger partial charge in [-0.25, -0.2) is 4.79 Å². The van der Waals surface area contributed by atoms with E-state index in [-0.39, 0.29) is 18.8 Å². The highest BCUT2D eigenvalue weighted by molar-refractivity contribution is 5.65. The molecule has 0 spiro atoms. The van der Waals surface area contributed by atoms with E-state index in [2.05, 4.69) is 18.4 Å². The number of likely N-dealkylation sites (N-methyl/N-ethyl adjacent to an activating group) is 1. The lowest BCUT2D eigenvalue weighted by Gasteiger charge is -2.34. The van der Waals surface area contributed by atoms with Gasteiger partial charge in [0.25, 0.3) is 0 Å². The fourth-order valence-electron chi connectivity index (χ4n) is 3.66. The standard InChI is InChI=1S/C20H38N2O4/c1-3-13-22(20(24)25)18-9-11-19(12-10-18)26-17-8-6-5-7-14-21(4-2)15-16-23/h3,18-19,23H,1,4-17H2,2H3,(H,24,25). The molecule has 0 aromatic rings. The number of unbranched alkanes of at least 4 members (excludes halogenated alkanes) is 3. The molecule has 0 atom stereocenters. The number of carbonyl (C=O) groups is 1. The zero-order valence-corrected chi connectivity index (χ0v) is 16.4. The van der Waals surface area contributed by atoms with Gasteiger partial charge in [-0.15, -0.1) is 6.58 Å². The van der Waals surface area contributed by atoms with Crippen molar-refractivity contribution in [2.45, 2.75) is 70.4 Å². The predicted molar refractivity (Wildman–Crippen MR) is 105 cm³/mol. The Kier molecular flexibility index (Phi) is 12.4. The molecule has 0 aromatic heterocycles. The molecule has 26 heavy (non-hydrogen) atoms. The minimum Gasteiger partial charge on any atom is -0.465 e. The third-order valence-electron chi connectivity index (χ3n) is 5.24. The van der Waals surface area contributed by atoms with E-state index in [0.717, 1.165) is 58.3 Å². The molecular weight excluding hydrogens is 332 g/mol. The fraction of sp³-hybridized carbons (Fsp3) is 0.850. The predicted octanol–water partition coefficient (Wildman–Crippen LogP) is 3.35. The van der Waals surface area contributed by atoms with Crippen LogP contribution in [-0.4, -0.2) is 77.6 Å². The van der Waals surface area contributed by atoms with Gasteiger partial charge in [-0.2, -0.15) is 0 Å². The second-order valence-electron chi connectivity index (χ2n) is 7.10. The van der Waals surface area contributed by atoms with Gasteiger partial charge < -0.3 is 24.7 Å². The summed E-state index contributed by atoms with van der Waals surface area (Å²) >= 11 is 0. The van der Waals surface area contributed by atoms with E-state index in [0.29, 0.717) is 6.54 Å². The summed E-state index contributed by atoms with van der Waals surface area (Å²) in [5, 5.41) is 18.2. The number of ether oxygens (including phenoxy) is 1. The van der Waals surface area contributed by atoms with Crippen molar-refractivity contribution >= 4 is 6.09 Å². The van der Waals surface area contributed by atoms with E-state index >= 15 is 0 Å². The molecule has 152 valence electrons. The third-order valence-corrected chi connectivity index (χ3v) is 5.24. The van der Waals surface area contributed by atoms with E-state index in [9.17, 15) is 9.90 Å². The van der Waals surface area contributed by atoms with Crippen molar-refractivity contribution in [1.82, 2.24) is 9.80 Å². The summed E-state index contributed by atoms with van der Waals surface area (Å²) in [6.07, 6.45) is 9.37. The molecule has 6 heteroatoms. The van der Waals surface area contributed by atoms with E-state index in [1.807, 2.05) is 0 Å². The van der Waals surface area contributed by atoms with Crippen molar-refractivity contribution in [2.24, 2.45) is 0 Å². The molecule has 1 aliphatic rings. The van der Waals surface area contributed by atoms with Crippen LogP contribution < -0.4 is 0 Å². The molecule has 1 fully saturated rings. The first-order valence-electron chi connectivity index (χ1n) is 10.2. The number of aliphatic hydroxyl groups excluding tert-OH is 1. The van der Waals surface area contributed by atoms with Crippen LogP contribution in [0, 0.1) is 0 Å². The molecule has 2 N–H and O–H groups in total. The van der Waals surface area contributed by atoms with Gasteiger partial charge in [-0.05, 0) is 51.6 Å². The number of aliphatic hydroxyl groups is 1. The molecule has 1 aliphatic carbocycles. The van der Waals surface area contributed by atoms with Crippen LogP contribution in [0.25, 0.3) is 0 Å². The first-order valence-corrected chi connectivity index (χ1v) is 10.2. The molecular formula is C20H38N2O4. The highest BCUT2D eigenvalue weighted by atomic mass is 16.5. The average Bonchev–Trinajstić information content (AvgIpc) is 2.64. The maximum atomic E-state index is 11.3. The third kappa shape index (κ3) is 9.01. The van der Waals surface area contributed by atoms with Crippen LogP contribution in [0.2, 0.25) is 0 Å². The number of amides is 1. The van der Waals surface area contributed by atoms with Crippen LogP contribution >= 0.6 is 0 Å². The number of carboxylic acid groups (broad SMARTS) is 1. The fourth-order valence-corrected chi connectivity index (χ4v) is 3.66. The lowest BCUT2D eigenvalue weighted by Crippen LogP contribution is -2.42. The Morgan fingerprint density at radius 2 is 1.85 bits per heavy atom. The lowest BCUT2D eigenvalue weighted by atomic mass is 9.92. The SMILES string of the molecule is C=CCN(C(=O)O)C1CCC(OCCCCCCN(CC)CCO)CC1. The maximum Gasteiger partial charge on any atom is 0.407 e. The van der Waals surface area contributed by atoms with Gasteiger partial charge in [0.1, 0.15) is 0 Å². The van der Waals surface area contributed by atoms with Crippen molar-refractivity contribution < 1.29 is 19.7 Å². The zero-order valence-electron chi connectivity index (χ0n) is 16.4. The van der Waals surface area contributed by atoms with Crippen LogP contribution in [0.15, 0.2) is 12.7 Å². The van der Waals surface area contributed by atoms with Gasteiger partial charge in [-0.1, -0.05) is 25.8 Å². The van der Waals surface area contributed by atoms with Gasteiger partial charge in [0.2, 0.25) is 0 Å². The molecule has 0 unspecified atom stereocenters. The minimum absolute atomic E-state index is 0.103. The monoisotopic (exact) mass is 370 g/mol. The lowest BCUT2D eigenvalue weighted by molar-refractivity contribution is 0.00834. The summed E-state index contributed by atoms with van der Waals surface area (Å²) in [5.74, 6) is 0. The normalized spacial score (nSPS) is 20.3. The molecule has 0 radical (unpaired) electrons. The topological polar surface area (TPSA) is 73.2 Å². The molecule has 1 saturated carbocycles. The second kappa shape index (κ2) is 14.0. The van der Waals surface area contributed by atoms with Gasteiger partial charge in [-0.3, -0.25) is 0 Å². The second-order valence-corrected chi connectivity index (χ2v) is 7.10. The van der Waals surface area contributed by atoms with Crippen molar-refractivity contribution in [3.8, 4) is 0 Å². The Morgan fingerprint density at radius 3 is 2.42 bits per heavy atom. The van der Waals surface area contributed by atoms with E-state index in [1.54, 1.807) is 6.08 Å². The van der Waals surface area contributed by atoms with E-state index < -0.39 is 6.09 Å². The number of rotatable bonds is 14. The summed E-state index contributed by atoms with van der Waals surface area (Å²) in [5.41, 5.74) is 0.